The summed E-state index contributed by atoms with van der Waals surface area (Å²) in [7, 11) is 0. The van der Waals surface area contributed by atoms with Crippen LogP contribution in [0.4, 0.5) is 0 Å². The van der Waals surface area contributed by atoms with Gasteiger partial charge in [-0.25, -0.2) is 0 Å². The molecule has 0 fully saturated rings. The van der Waals surface area contributed by atoms with Gasteiger partial charge in [0.15, 0.2) is 0 Å². The maximum absolute atomic E-state index is 3.94. The fourth-order valence-corrected chi connectivity index (χ4v) is 2.16. The Morgan fingerprint density at radius 1 is 0.941 bits per heavy atom. The van der Waals surface area contributed by atoms with Crippen LogP contribution in [-0.4, -0.2) is 0 Å². The molecular formula is C17H26. The van der Waals surface area contributed by atoms with Crippen molar-refractivity contribution in [2.75, 3.05) is 0 Å². The van der Waals surface area contributed by atoms with Crippen LogP contribution in [0.5, 0.6) is 0 Å². The molecule has 0 unspecified atom stereocenters. The molecule has 0 amide bonds. The van der Waals surface area contributed by atoms with Gasteiger partial charge in [0, 0.05) is 0 Å². The third-order valence-corrected chi connectivity index (χ3v) is 3.34. The van der Waals surface area contributed by atoms with E-state index in [1.54, 1.807) is 0 Å². The summed E-state index contributed by atoms with van der Waals surface area (Å²) in [5.74, 6) is 0. The van der Waals surface area contributed by atoms with E-state index >= 15 is 0 Å². The Balaban J connectivity index is 3.56. The van der Waals surface area contributed by atoms with Crippen molar-refractivity contribution in [3.8, 4) is 0 Å². The molecule has 1 aromatic rings. The summed E-state index contributed by atoms with van der Waals surface area (Å²) < 4.78 is 0. The smallest absolute Gasteiger partial charge is 0.0129 e. The van der Waals surface area contributed by atoms with Gasteiger partial charge in [-0.1, -0.05) is 66.3 Å². The topological polar surface area (TPSA) is 0 Å². The molecule has 0 aliphatic carbocycles. The lowest BCUT2D eigenvalue weighted by Gasteiger charge is -2.28. The quantitative estimate of drug-likeness (QED) is 0.619. The third kappa shape index (κ3) is 3.00. The van der Waals surface area contributed by atoms with Gasteiger partial charge in [-0.2, -0.15) is 0 Å². The van der Waals surface area contributed by atoms with Crippen LogP contribution in [0.2, 0.25) is 0 Å². The zero-order valence-electron chi connectivity index (χ0n) is 12.4. The van der Waals surface area contributed by atoms with E-state index in [0.717, 1.165) is 0 Å². The first kappa shape index (κ1) is 14.0. The molecule has 0 aliphatic heterocycles. The molecule has 0 radical (unpaired) electrons. The predicted octanol–water partition coefficient (Wildman–Crippen LogP) is 5.23. The van der Waals surface area contributed by atoms with Gasteiger partial charge in [0.2, 0.25) is 0 Å². The molecule has 1 aromatic carbocycles. The summed E-state index contributed by atoms with van der Waals surface area (Å²) >= 11 is 0. The van der Waals surface area contributed by atoms with Gasteiger partial charge < -0.3 is 0 Å². The highest BCUT2D eigenvalue weighted by Crippen LogP contribution is 2.33. The maximum atomic E-state index is 3.94. The minimum atomic E-state index is 0.184. The van der Waals surface area contributed by atoms with Gasteiger partial charge in [0.05, 0.1) is 0 Å². The number of benzene rings is 1. The number of hydrogen-bond acceptors (Lipinski definition) is 0. The SMILES string of the molecule is C=Cc1cc(C(C)(C)C)cc(C(C)(C)C)c1C. The second kappa shape index (κ2) is 4.33. The van der Waals surface area contributed by atoms with E-state index < -0.39 is 0 Å². The minimum Gasteiger partial charge on any atom is -0.0985 e. The highest BCUT2D eigenvalue weighted by atomic mass is 14.3. The van der Waals surface area contributed by atoms with Crippen LogP contribution in [0.15, 0.2) is 18.7 Å². The average Bonchev–Trinajstić information content (AvgIpc) is 2.14. The Hall–Kier alpha value is -1.04. The molecule has 0 saturated carbocycles. The molecule has 1 rings (SSSR count). The van der Waals surface area contributed by atoms with Crippen molar-refractivity contribution in [2.45, 2.75) is 59.3 Å². The van der Waals surface area contributed by atoms with Gasteiger partial charge >= 0.3 is 0 Å². The summed E-state index contributed by atoms with van der Waals surface area (Å²) in [4.78, 5) is 0. The lowest BCUT2D eigenvalue weighted by molar-refractivity contribution is 0.565. The van der Waals surface area contributed by atoms with Crippen molar-refractivity contribution in [3.05, 3.63) is 41.0 Å². The summed E-state index contributed by atoms with van der Waals surface area (Å²) in [5.41, 5.74) is 5.82. The second-order valence-corrected chi connectivity index (χ2v) is 6.94. The highest BCUT2D eigenvalue weighted by molar-refractivity contribution is 5.57. The first-order valence-corrected chi connectivity index (χ1v) is 6.35. The van der Waals surface area contributed by atoms with Crippen molar-refractivity contribution in [1.29, 1.82) is 0 Å². The molecule has 0 nitrogen and oxygen atoms in total. The second-order valence-electron chi connectivity index (χ2n) is 6.94. The fourth-order valence-electron chi connectivity index (χ4n) is 2.16. The molecule has 94 valence electrons. The first-order chi connectivity index (χ1) is 7.57. The zero-order chi connectivity index (χ0) is 13.4. The van der Waals surface area contributed by atoms with Crippen LogP contribution < -0.4 is 0 Å². The molecule has 0 heterocycles. The number of hydrogen-bond donors (Lipinski definition) is 0. The molecule has 0 spiro atoms. The van der Waals surface area contributed by atoms with E-state index in [2.05, 4.69) is 67.2 Å². The summed E-state index contributed by atoms with van der Waals surface area (Å²) in [6.07, 6.45) is 1.97. The lowest BCUT2D eigenvalue weighted by atomic mass is 9.77. The normalized spacial score (nSPS) is 12.6. The predicted molar refractivity (Wildman–Crippen MR) is 78.7 cm³/mol. The van der Waals surface area contributed by atoms with Gasteiger partial charge in [0.1, 0.15) is 0 Å². The van der Waals surface area contributed by atoms with Crippen LogP contribution in [0.3, 0.4) is 0 Å². The van der Waals surface area contributed by atoms with Crippen molar-refractivity contribution >= 4 is 6.08 Å². The van der Waals surface area contributed by atoms with Crippen LogP contribution in [0.1, 0.15) is 63.8 Å². The Bertz CT molecular complexity index is 423. The molecule has 0 aromatic heterocycles. The average molecular weight is 230 g/mol. The van der Waals surface area contributed by atoms with E-state index in [-0.39, 0.29) is 10.8 Å². The highest BCUT2D eigenvalue weighted by Gasteiger charge is 2.22. The molecule has 17 heavy (non-hydrogen) atoms. The van der Waals surface area contributed by atoms with E-state index in [1.807, 2.05) is 6.08 Å². The molecule has 0 saturated heterocycles. The van der Waals surface area contributed by atoms with Gasteiger partial charge in [-0.3, -0.25) is 0 Å². The van der Waals surface area contributed by atoms with E-state index in [9.17, 15) is 0 Å². The van der Waals surface area contributed by atoms with E-state index in [4.69, 9.17) is 0 Å². The Morgan fingerprint density at radius 2 is 1.47 bits per heavy atom. The van der Waals surface area contributed by atoms with Crippen molar-refractivity contribution in [3.63, 3.8) is 0 Å². The first-order valence-electron chi connectivity index (χ1n) is 6.35. The van der Waals surface area contributed by atoms with Crippen LogP contribution >= 0.6 is 0 Å². The Labute approximate surface area is 107 Å². The summed E-state index contributed by atoms with van der Waals surface area (Å²) in [5, 5.41) is 0. The van der Waals surface area contributed by atoms with Crippen molar-refractivity contribution in [1.82, 2.24) is 0 Å². The molecule has 0 bridgehead atoms. The Morgan fingerprint density at radius 3 is 1.82 bits per heavy atom. The van der Waals surface area contributed by atoms with Crippen LogP contribution in [-0.2, 0) is 10.8 Å². The monoisotopic (exact) mass is 230 g/mol. The zero-order valence-corrected chi connectivity index (χ0v) is 12.4. The maximum Gasteiger partial charge on any atom is -0.0129 e. The largest absolute Gasteiger partial charge is 0.0985 e. The van der Waals surface area contributed by atoms with Gasteiger partial charge in [0.25, 0.3) is 0 Å². The van der Waals surface area contributed by atoms with Crippen LogP contribution in [0, 0.1) is 6.92 Å². The van der Waals surface area contributed by atoms with Crippen LogP contribution in [0.25, 0.3) is 6.08 Å². The Kier molecular flexibility index (Phi) is 3.57. The lowest BCUT2D eigenvalue weighted by Crippen LogP contribution is -2.18. The molecule has 0 N–H and O–H groups in total. The van der Waals surface area contributed by atoms with E-state index in [0.29, 0.717) is 0 Å². The molecule has 0 heteroatoms. The van der Waals surface area contributed by atoms with Gasteiger partial charge in [-0.15, -0.1) is 0 Å². The molecular weight excluding hydrogens is 204 g/mol. The molecule has 0 atom stereocenters. The van der Waals surface area contributed by atoms with Crippen molar-refractivity contribution in [2.24, 2.45) is 0 Å². The third-order valence-electron chi connectivity index (χ3n) is 3.34. The minimum absolute atomic E-state index is 0.184. The summed E-state index contributed by atoms with van der Waals surface area (Å²) in [6, 6.07) is 4.64. The fraction of sp³-hybridized carbons (Fsp3) is 0.529. The van der Waals surface area contributed by atoms with Crippen molar-refractivity contribution < 1.29 is 0 Å². The van der Waals surface area contributed by atoms with E-state index in [1.165, 1.54) is 22.3 Å². The molecule has 0 aliphatic rings. The summed E-state index contributed by atoms with van der Waals surface area (Å²) in [6.45, 7) is 19.7. The van der Waals surface area contributed by atoms with Gasteiger partial charge in [-0.05, 0) is 40.0 Å². The standard InChI is InChI=1S/C17H26/c1-9-13-10-14(16(3,4)5)11-15(12(13)2)17(6,7)8/h9-11H,1H2,2-8H3. The number of rotatable bonds is 1.